The van der Waals surface area contributed by atoms with E-state index >= 15 is 0 Å². The first kappa shape index (κ1) is 66.9. The number of hydrogen-bond acceptors (Lipinski definition) is 10. The summed E-state index contributed by atoms with van der Waals surface area (Å²) in [5.41, 5.74) is 22.7. The summed E-state index contributed by atoms with van der Waals surface area (Å²) >= 11 is 0. The molecule has 107 heavy (non-hydrogen) atoms. The molecule has 0 amide bonds. The van der Waals surface area contributed by atoms with E-state index in [0.29, 0.717) is 19.6 Å². The van der Waals surface area contributed by atoms with Gasteiger partial charge < -0.3 is 27.9 Å². The van der Waals surface area contributed by atoms with Crippen LogP contribution in [0.2, 0.25) is 0 Å². The van der Waals surface area contributed by atoms with Crippen LogP contribution < -0.4 is 16.4 Å². The summed E-state index contributed by atoms with van der Waals surface area (Å²) < 4.78 is 96.8. The zero-order chi connectivity index (χ0) is 73.9. The number of benzene rings is 12. The standard InChI is InChI=1S/C49H44B2O6S.C43H33BO4S/c1-45(2)46(3,4)55-50(54-45)29-21-23-33-31-15-9-10-16-32(31)34-24-22-30(51-56-47(5,6)48(7,8)57-51)28-40(34)49(39(33)27-29)37-19-13-11-17-35(37)43-38(49)25-26-42-44(43)36-18-12-14-20-41(36)58(42,52)53;1-41(2)42(3,4)48-44(47-41)26-21-22-30-28-14-6-5-13-27(28)29-15-7-10-18-33(29)43(36(30)25-26)34-19-11-8-16-31(34)39-35(43)23-24-38-40(39)32-17-9-12-20-37(32)49(38,45)46/h9-28H,1-8H3;5-25H,1-4H3. The zero-order valence-corrected chi connectivity index (χ0v) is 63.4. The first-order chi connectivity index (χ1) is 51.0. The second-order valence-electron chi connectivity index (χ2n) is 33.1. The number of rotatable bonds is 3. The van der Waals surface area contributed by atoms with Crippen molar-refractivity contribution in [3.63, 3.8) is 0 Å². The molecule has 0 aromatic heterocycles. The van der Waals surface area contributed by atoms with Gasteiger partial charge in [0.05, 0.1) is 64.0 Å². The van der Waals surface area contributed by atoms with Gasteiger partial charge >= 0.3 is 21.4 Å². The highest BCUT2D eigenvalue weighted by Crippen LogP contribution is 2.67. The summed E-state index contributed by atoms with van der Waals surface area (Å²) in [5, 5.41) is 0. The van der Waals surface area contributed by atoms with E-state index in [1.807, 2.05) is 48.5 Å². The second-order valence-corrected chi connectivity index (χ2v) is 36.9. The van der Waals surface area contributed by atoms with Crippen molar-refractivity contribution >= 4 is 57.4 Å². The van der Waals surface area contributed by atoms with Gasteiger partial charge in [0.15, 0.2) is 0 Å². The summed E-state index contributed by atoms with van der Waals surface area (Å²) in [6, 6.07) is 85.8. The average molecular weight is 1440 g/mol. The Kier molecular flexibility index (Phi) is 13.8. The zero-order valence-electron chi connectivity index (χ0n) is 61.8. The Bertz CT molecular complexity index is 6060. The molecule has 1 unspecified atom stereocenters. The van der Waals surface area contributed by atoms with E-state index in [1.165, 1.54) is 5.56 Å². The first-order valence-electron chi connectivity index (χ1n) is 37.1. The van der Waals surface area contributed by atoms with E-state index in [1.54, 1.807) is 12.1 Å². The normalized spacial score (nSPS) is 20.9. The largest absolute Gasteiger partial charge is 0.494 e. The molecule has 15 heteroatoms. The Labute approximate surface area is 627 Å². The molecule has 21 rings (SSSR count). The van der Waals surface area contributed by atoms with Crippen molar-refractivity contribution < 1.29 is 44.8 Å². The van der Waals surface area contributed by atoms with Crippen molar-refractivity contribution in [3.05, 3.63) is 293 Å². The van der Waals surface area contributed by atoms with E-state index in [-0.39, 0.29) is 0 Å². The van der Waals surface area contributed by atoms with Gasteiger partial charge in [0, 0.05) is 22.3 Å². The molecule has 0 N–H and O–H groups in total. The lowest BCUT2D eigenvalue weighted by Crippen LogP contribution is -2.41. The fourth-order valence-electron chi connectivity index (χ4n) is 18.8. The molecule has 526 valence electrons. The van der Waals surface area contributed by atoms with Gasteiger partial charge in [0.25, 0.3) is 0 Å². The topological polar surface area (TPSA) is 124 Å². The molecular weight excluding hydrogens is 1360 g/mol. The van der Waals surface area contributed by atoms with Crippen LogP contribution in [0.4, 0.5) is 0 Å². The van der Waals surface area contributed by atoms with Gasteiger partial charge in [-0.15, -0.1) is 0 Å². The molecule has 10 nitrogen and oxygen atoms in total. The van der Waals surface area contributed by atoms with Crippen LogP contribution in [-0.2, 0) is 58.4 Å². The Morgan fingerprint density at radius 2 is 0.458 bits per heavy atom. The lowest BCUT2D eigenvalue weighted by atomic mass is 9.62. The quantitative estimate of drug-likeness (QED) is 0.158. The van der Waals surface area contributed by atoms with Crippen LogP contribution in [0, 0.1) is 0 Å². The van der Waals surface area contributed by atoms with E-state index < -0.39 is 85.5 Å². The third kappa shape index (κ3) is 8.77. The molecular formula is C92H77B3O10S2. The molecule has 5 heterocycles. The second kappa shape index (κ2) is 22.1. The lowest BCUT2D eigenvalue weighted by molar-refractivity contribution is 0.00578. The fraction of sp³-hybridized carbons (Fsp3) is 0.217. The summed E-state index contributed by atoms with van der Waals surface area (Å²) in [5.74, 6) is 0. The van der Waals surface area contributed by atoms with Gasteiger partial charge in [-0.2, -0.15) is 0 Å². The highest BCUT2D eigenvalue weighted by molar-refractivity contribution is 7.92. The van der Waals surface area contributed by atoms with E-state index in [0.717, 1.165) is 144 Å². The fourth-order valence-corrected chi connectivity index (χ4v) is 22.2. The van der Waals surface area contributed by atoms with Crippen LogP contribution in [0.5, 0.6) is 0 Å². The predicted octanol–water partition coefficient (Wildman–Crippen LogP) is 17.9. The molecule has 12 aromatic carbocycles. The van der Waals surface area contributed by atoms with E-state index in [4.69, 9.17) is 27.9 Å². The Hall–Kier alpha value is -9.51. The minimum absolute atomic E-state index is 0.341. The Morgan fingerprint density at radius 1 is 0.215 bits per heavy atom. The Balaban J connectivity index is 0.000000143. The summed E-state index contributed by atoms with van der Waals surface area (Å²) in [6.07, 6.45) is 0. The van der Waals surface area contributed by atoms with Gasteiger partial charge in [-0.3, -0.25) is 0 Å². The van der Waals surface area contributed by atoms with Crippen molar-refractivity contribution in [1.82, 2.24) is 0 Å². The molecule has 0 bridgehead atoms. The van der Waals surface area contributed by atoms with Crippen molar-refractivity contribution in [3.8, 4) is 89.0 Å². The smallest absolute Gasteiger partial charge is 0.399 e. The maximum atomic E-state index is 14.3. The van der Waals surface area contributed by atoms with Crippen molar-refractivity contribution in [2.45, 2.75) is 147 Å². The summed E-state index contributed by atoms with van der Waals surface area (Å²) in [7, 11) is -9.18. The predicted molar refractivity (Wildman–Crippen MR) is 425 cm³/mol. The van der Waals surface area contributed by atoms with Crippen LogP contribution in [0.15, 0.2) is 268 Å². The van der Waals surface area contributed by atoms with E-state index in [2.05, 4.69) is 271 Å². The molecule has 9 aliphatic rings. The minimum Gasteiger partial charge on any atom is -0.399 e. The molecule has 0 saturated carbocycles. The van der Waals surface area contributed by atoms with Crippen LogP contribution in [0.25, 0.3) is 89.0 Å². The first-order valence-corrected chi connectivity index (χ1v) is 40.0. The van der Waals surface area contributed by atoms with Gasteiger partial charge in [-0.25, -0.2) is 16.8 Å². The number of fused-ring (bicyclic) bond motifs is 32. The van der Waals surface area contributed by atoms with Crippen molar-refractivity contribution in [2.75, 3.05) is 0 Å². The van der Waals surface area contributed by atoms with Crippen molar-refractivity contribution in [1.29, 1.82) is 0 Å². The third-order valence-electron chi connectivity index (χ3n) is 26.1. The number of sulfone groups is 2. The summed E-state index contributed by atoms with van der Waals surface area (Å²) in [6.45, 7) is 25.0. The maximum absolute atomic E-state index is 14.3. The molecule has 3 fully saturated rings. The van der Waals surface area contributed by atoms with E-state index in [9.17, 15) is 16.8 Å². The minimum atomic E-state index is -3.75. The Morgan fingerprint density at radius 3 is 0.776 bits per heavy atom. The average Bonchev–Trinajstić information content (AvgIpc) is 1.51. The highest BCUT2D eigenvalue weighted by Gasteiger charge is 2.59. The molecule has 0 radical (unpaired) electrons. The molecule has 3 saturated heterocycles. The lowest BCUT2D eigenvalue weighted by Gasteiger charge is -2.36. The summed E-state index contributed by atoms with van der Waals surface area (Å²) in [4.78, 5) is 1.43. The van der Waals surface area contributed by atoms with Crippen LogP contribution in [0.1, 0.15) is 128 Å². The van der Waals surface area contributed by atoms with Gasteiger partial charge in [-0.05, 0) is 235 Å². The maximum Gasteiger partial charge on any atom is 0.494 e. The molecule has 5 aliphatic heterocycles. The van der Waals surface area contributed by atoms with Crippen molar-refractivity contribution in [2.24, 2.45) is 0 Å². The molecule has 1 atom stereocenters. The van der Waals surface area contributed by atoms with Gasteiger partial charge in [0.2, 0.25) is 19.7 Å². The molecule has 12 aromatic rings. The SMILES string of the molecule is CC1(C)OB(c2ccc3c(c2)C2(c4cc(B5OC(C)(C)C(C)(C)O5)ccc4-c4ccccc4-3)c3ccccc3-c3c2ccc2c3-c3ccccc3S2(=O)=O)OC1(C)C.CC1(C)OB(c2ccc3c(c2)C2(c4ccccc4-c4ccccc4-3)c3ccccc3-c3c2ccc2c3-c3ccccc3S2(=O)=O)OC1(C)C. The van der Waals surface area contributed by atoms with Crippen LogP contribution in [0.3, 0.4) is 0 Å². The van der Waals surface area contributed by atoms with Gasteiger partial charge in [-0.1, -0.05) is 224 Å². The van der Waals surface area contributed by atoms with Crippen LogP contribution in [-0.4, -0.2) is 71.8 Å². The highest BCUT2D eigenvalue weighted by atomic mass is 32.2. The third-order valence-corrected chi connectivity index (χ3v) is 29.8. The molecule has 4 aliphatic carbocycles. The van der Waals surface area contributed by atoms with Crippen LogP contribution >= 0.6 is 0 Å². The monoisotopic (exact) mass is 1440 g/mol. The number of hydrogen-bond donors (Lipinski definition) is 0. The van der Waals surface area contributed by atoms with Gasteiger partial charge in [0.1, 0.15) is 0 Å². The molecule has 2 spiro atoms.